The number of aliphatic hydroxyl groups excluding tert-OH is 2. The summed E-state index contributed by atoms with van der Waals surface area (Å²) in [7, 11) is 0. The molecule has 2 unspecified atom stereocenters. The van der Waals surface area contributed by atoms with Crippen molar-refractivity contribution in [2.45, 2.75) is 44.8 Å². The number of pyridine rings is 1. The summed E-state index contributed by atoms with van der Waals surface area (Å²) in [6, 6.07) is 21.5. The molecule has 0 spiro atoms. The summed E-state index contributed by atoms with van der Waals surface area (Å²) in [6.07, 6.45) is 3.66. The van der Waals surface area contributed by atoms with E-state index in [4.69, 9.17) is 0 Å². The largest absolute Gasteiger partial charge is 0.393 e. The number of aromatic nitrogens is 1. The molecule has 2 saturated carbocycles. The SMILES string of the molecule is Cc1cccc2nc(-c3[c-]cccc3)ccc12.OC1CCC2CCC(O)C12.[Ir]. The van der Waals surface area contributed by atoms with Gasteiger partial charge in [0.25, 0.3) is 0 Å². The van der Waals surface area contributed by atoms with Gasteiger partial charge in [-0.15, -0.1) is 35.9 Å². The van der Waals surface area contributed by atoms with E-state index in [-0.39, 0.29) is 38.2 Å². The molecular formula is C24H26IrNO2-. The predicted octanol–water partition coefficient (Wildman–Crippen LogP) is 4.54. The average molecular weight is 553 g/mol. The number of nitrogens with zero attached hydrogens (tertiary/aromatic N) is 1. The van der Waals surface area contributed by atoms with Gasteiger partial charge in [-0.05, 0) is 55.8 Å². The van der Waals surface area contributed by atoms with Gasteiger partial charge in [0.15, 0.2) is 0 Å². The normalized spacial score (nSPS) is 25.5. The topological polar surface area (TPSA) is 53.4 Å². The van der Waals surface area contributed by atoms with Crippen LogP contribution in [0.5, 0.6) is 0 Å². The molecule has 2 fully saturated rings. The first kappa shape index (κ1) is 21.1. The third-order valence-corrected chi connectivity index (χ3v) is 6.03. The molecule has 2 aliphatic rings. The molecule has 3 aromatic rings. The van der Waals surface area contributed by atoms with E-state index >= 15 is 0 Å². The predicted molar refractivity (Wildman–Crippen MR) is 108 cm³/mol. The van der Waals surface area contributed by atoms with Gasteiger partial charge in [0.1, 0.15) is 0 Å². The number of benzene rings is 2. The Morgan fingerprint density at radius 1 is 0.893 bits per heavy atom. The Kier molecular flexibility index (Phi) is 7.00. The number of rotatable bonds is 1. The molecular weight excluding hydrogens is 526 g/mol. The molecule has 149 valence electrons. The van der Waals surface area contributed by atoms with Crippen molar-refractivity contribution in [1.29, 1.82) is 0 Å². The molecule has 2 aromatic carbocycles. The maximum atomic E-state index is 9.41. The van der Waals surface area contributed by atoms with E-state index in [1.807, 2.05) is 30.3 Å². The standard InChI is InChI=1S/C16H12N.C8H14O2.Ir/c1-12-6-5-9-16-14(12)10-11-15(17-16)13-7-3-2-4-8-13;9-6-3-1-5-2-4-7(10)8(5)6;/h2-7,9-11H,1H3;5-10H,1-4H2;/q-1;;. The summed E-state index contributed by atoms with van der Waals surface area (Å²) in [5.74, 6) is 0.852. The van der Waals surface area contributed by atoms with Gasteiger partial charge >= 0.3 is 0 Å². The molecule has 2 aliphatic carbocycles. The second kappa shape index (κ2) is 9.28. The zero-order chi connectivity index (χ0) is 18.8. The van der Waals surface area contributed by atoms with E-state index in [0.717, 1.165) is 42.5 Å². The minimum Gasteiger partial charge on any atom is -0.393 e. The first-order valence-electron chi connectivity index (χ1n) is 9.83. The van der Waals surface area contributed by atoms with Gasteiger partial charge < -0.3 is 10.2 Å². The second-order valence-corrected chi connectivity index (χ2v) is 7.74. The fraction of sp³-hybridized carbons (Fsp3) is 0.375. The van der Waals surface area contributed by atoms with Crippen molar-refractivity contribution in [3.63, 3.8) is 0 Å². The minimum atomic E-state index is -0.206. The fourth-order valence-electron chi connectivity index (χ4n) is 4.58. The van der Waals surface area contributed by atoms with Crippen LogP contribution in [0.15, 0.2) is 54.6 Å². The maximum absolute atomic E-state index is 9.41. The molecule has 1 heterocycles. The van der Waals surface area contributed by atoms with Crippen LogP contribution in [0, 0.1) is 24.8 Å². The van der Waals surface area contributed by atoms with Crippen LogP contribution in [-0.2, 0) is 20.1 Å². The molecule has 1 aromatic heterocycles. The van der Waals surface area contributed by atoms with Gasteiger partial charge in [0.2, 0.25) is 0 Å². The van der Waals surface area contributed by atoms with Gasteiger partial charge in [-0.1, -0.05) is 24.3 Å². The molecule has 2 atom stereocenters. The number of hydrogen-bond donors (Lipinski definition) is 2. The first-order valence-corrected chi connectivity index (χ1v) is 9.83. The van der Waals surface area contributed by atoms with Crippen LogP contribution in [0.25, 0.3) is 22.2 Å². The Hall–Kier alpha value is -1.58. The van der Waals surface area contributed by atoms with Crippen LogP contribution in [-0.4, -0.2) is 27.4 Å². The molecule has 4 heteroatoms. The fourth-order valence-corrected chi connectivity index (χ4v) is 4.58. The van der Waals surface area contributed by atoms with Gasteiger partial charge in [0.05, 0.1) is 17.7 Å². The minimum absolute atomic E-state index is 0. The summed E-state index contributed by atoms with van der Waals surface area (Å²) in [4.78, 5) is 4.68. The van der Waals surface area contributed by atoms with Crippen LogP contribution in [0.1, 0.15) is 31.2 Å². The second-order valence-electron chi connectivity index (χ2n) is 7.74. The molecule has 0 bridgehead atoms. The Morgan fingerprint density at radius 3 is 2.29 bits per heavy atom. The maximum Gasteiger partial charge on any atom is 0.0597 e. The Morgan fingerprint density at radius 2 is 1.64 bits per heavy atom. The van der Waals surface area contributed by atoms with E-state index in [1.165, 1.54) is 10.9 Å². The zero-order valence-corrected chi connectivity index (χ0v) is 18.4. The smallest absolute Gasteiger partial charge is 0.0597 e. The average Bonchev–Trinajstić information content (AvgIpc) is 3.26. The van der Waals surface area contributed by atoms with Gasteiger partial charge in [0, 0.05) is 31.4 Å². The van der Waals surface area contributed by atoms with Gasteiger partial charge in [-0.25, -0.2) is 0 Å². The quantitative estimate of drug-likeness (QED) is 0.436. The number of fused-ring (bicyclic) bond motifs is 2. The van der Waals surface area contributed by atoms with E-state index < -0.39 is 0 Å². The number of aryl methyl sites for hydroxylation is 1. The van der Waals surface area contributed by atoms with Crippen LogP contribution in [0.2, 0.25) is 0 Å². The summed E-state index contributed by atoms with van der Waals surface area (Å²) in [6.45, 7) is 2.11. The van der Waals surface area contributed by atoms with E-state index in [0.29, 0.717) is 5.92 Å². The van der Waals surface area contributed by atoms with Crippen LogP contribution >= 0.6 is 0 Å². The summed E-state index contributed by atoms with van der Waals surface area (Å²) < 4.78 is 0. The number of aliphatic hydroxyl groups is 2. The number of hydrogen-bond acceptors (Lipinski definition) is 3. The van der Waals surface area contributed by atoms with E-state index in [1.54, 1.807) is 0 Å². The molecule has 0 aliphatic heterocycles. The van der Waals surface area contributed by atoms with Crippen LogP contribution in [0.4, 0.5) is 0 Å². The van der Waals surface area contributed by atoms with Crippen molar-refractivity contribution in [3.05, 3.63) is 66.2 Å². The van der Waals surface area contributed by atoms with Crippen molar-refractivity contribution in [1.82, 2.24) is 4.98 Å². The first-order chi connectivity index (χ1) is 13.1. The summed E-state index contributed by atoms with van der Waals surface area (Å²) in [5.41, 5.74) is 4.32. The Bertz CT molecular complexity index is 901. The van der Waals surface area contributed by atoms with Crippen molar-refractivity contribution in [2.75, 3.05) is 0 Å². The van der Waals surface area contributed by atoms with E-state index in [2.05, 4.69) is 42.2 Å². The third-order valence-electron chi connectivity index (χ3n) is 6.03. The summed E-state index contributed by atoms with van der Waals surface area (Å²) in [5, 5.41) is 20.0. The molecule has 28 heavy (non-hydrogen) atoms. The monoisotopic (exact) mass is 553 g/mol. The molecule has 2 N–H and O–H groups in total. The van der Waals surface area contributed by atoms with Crippen molar-refractivity contribution >= 4 is 10.9 Å². The molecule has 0 saturated heterocycles. The molecule has 3 nitrogen and oxygen atoms in total. The van der Waals surface area contributed by atoms with Crippen LogP contribution in [0.3, 0.4) is 0 Å². The summed E-state index contributed by atoms with van der Waals surface area (Å²) >= 11 is 0. The molecule has 5 rings (SSSR count). The molecule has 0 amide bonds. The van der Waals surface area contributed by atoms with Crippen molar-refractivity contribution in [2.24, 2.45) is 11.8 Å². The van der Waals surface area contributed by atoms with Gasteiger partial charge in [-0.3, -0.25) is 4.98 Å². The molecule has 1 radical (unpaired) electrons. The zero-order valence-electron chi connectivity index (χ0n) is 16.0. The van der Waals surface area contributed by atoms with Gasteiger partial charge in [-0.2, -0.15) is 0 Å². The van der Waals surface area contributed by atoms with Crippen molar-refractivity contribution < 1.29 is 30.3 Å². The van der Waals surface area contributed by atoms with E-state index in [9.17, 15) is 10.2 Å². The van der Waals surface area contributed by atoms with Crippen molar-refractivity contribution in [3.8, 4) is 11.3 Å². The third kappa shape index (κ3) is 4.36. The Labute approximate surface area is 180 Å². The van der Waals surface area contributed by atoms with Crippen LogP contribution < -0.4 is 0 Å². The Balaban J connectivity index is 0.000000175.